The number of amides is 3. The topological polar surface area (TPSA) is 93.5 Å². The van der Waals surface area contributed by atoms with Crippen LogP contribution >= 0.6 is 0 Å². The van der Waals surface area contributed by atoms with Gasteiger partial charge in [-0.3, -0.25) is 14.4 Å². The second-order valence-electron chi connectivity index (χ2n) is 8.32. The molecule has 7 nitrogen and oxygen atoms in total. The molecule has 3 heterocycles. The Labute approximate surface area is 174 Å². The predicted molar refractivity (Wildman–Crippen MR) is 105 cm³/mol. The smallest absolute Gasteiger partial charge is 0.246 e. The van der Waals surface area contributed by atoms with E-state index in [0.29, 0.717) is 13.1 Å². The molecule has 3 aliphatic rings. The molecular formula is C22H25FN4O3. The summed E-state index contributed by atoms with van der Waals surface area (Å²) < 4.78 is 13.6. The Morgan fingerprint density at radius 3 is 2.83 bits per heavy atom. The molecule has 8 heteroatoms. The molecule has 158 valence electrons. The average molecular weight is 412 g/mol. The van der Waals surface area contributed by atoms with Gasteiger partial charge < -0.3 is 15.1 Å². The lowest BCUT2D eigenvalue weighted by atomic mass is 9.99. The fraction of sp³-hybridized carbons (Fsp3) is 0.545. The molecule has 2 fully saturated rings. The maximum atomic E-state index is 13.6. The second-order valence-corrected chi connectivity index (χ2v) is 8.32. The van der Waals surface area contributed by atoms with Crippen LogP contribution in [0.3, 0.4) is 0 Å². The van der Waals surface area contributed by atoms with Gasteiger partial charge in [0, 0.05) is 31.8 Å². The highest BCUT2D eigenvalue weighted by Crippen LogP contribution is 2.30. The van der Waals surface area contributed by atoms with Gasteiger partial charge in [-0.2, -0.15) is 5.26 Å². The van der Waals surface area contributed by atoms with E-state index in [0.717, 1.165) is 12.0 Å². The number of alkyl halides is 1. The minimum atomic E-state index is -1.22. The standard InChI is InChI=1S/C22H25FN4O3/c1-2-13-4-3-5-14-10-26(12-18(13)14)20(28)7-15-6-19(25-21(15)29)22(30)27-11-16(23)8-17(27)9-24/h3-5,15-17,19H,2,6-8,10-12H2,1H3,(H,25,29)/t15-,16-,17-,19-/m0/s1. The quantitative estimate of drug-likeness (QED) is 0.810. The molecule has 2 saturated heterocycles. The van der Waals surface area contributed by atoms with Gasteiger partial charge in [0.05, 0.1) is 12.6 Å². The van der Waals surface area contributed by atoms with Crippen molar-refractivity contribution in [3.05, 3.63) is 34.9 Å². The van der Waals surface area contributed by atoms with Gasteiger partial charge in [0.2, 0.25) is 17.7 Å². The molecule has 30 heavy (non-hydrogen) atoms. The highest BCUT2D eigenvalue weighted by atomic mass is 19.1. The highest BCUT2D eigenvalue weighted by Gasteiger charge is 2.44. The number of carbonyl (C=O) groups is 3. The number of fused-ring (bicyclic) bond motifs is 1. The molecule has 3 amide bonds. The Morgan fingerprint density at radius 1 is 1.30 bits per heavy atom. The first kappa shape index (κ1) is 20.3. The summed E-state index contributed by atoms with van der Waals surface area (Å²) in [5, 5.41) is 11.8. The van der Waals surface area contributed by atoms with Crippen LogP contribution in [0.1, 0.15) is 42.9 Å². The van der Waals surface area contributed by atoms with Crippen LogP contribution in [-0.2, 0) is 33.9 Å². The van der Waals surface area contributed by atoms with Gasteiger partial charge in [-0.25, -0.2) is 4.39 Å². The Kier molecular flexibility index (Phi) is 5.46. The summed E-state index contributed by atoms with van der Waals surface area (Å²) in [5.41, 5.74) is 3.56. The number of hydrogen-bond donors (Lipinski definition) is 1. The molecule has 3 aliphatic heterocycles. The van der Waals surface area contributed by atoms with Crippen LogP contribution in [-0.4, -0.2) is 52.3 Å². The van der Waals surface area contributed by atoms with Gasteiger partial charge in [-0.15, -0.1) is 0 Å². The minimum Gasteiger partial charge on any atom is -0.344 e. The molecule has 0 bridgehead atoms. The van der Waals surface area contributed by atoms with Crippen LogP contribution in [0.4, 0.5) is 4.39 Å². The molecule has 1 aromatic rings. The van der Waals surface area contributed by atoms with Crippen molar-refractivity contribution in [2.75, 3.05) is 6.54 Å². The first-order valence-electron chi connectivity index (χ1n) is 10.4. The molecule has 0 aliphatic carbocycles. The van der Waals surface area contributed by atoms with Gasteiger partial charge in [0.1, 0.15) is 18.3 Å². The first-order valence-corrected chi connectivity index (χ1v) is 10.4. The maximum absolute atomic E-state index is 13.6. The molecule has 0 saturated carbocycles. The van der Waals surface area contributed by atoms with Crippen molar-refractivity contribution in [1.82, 2.24) is 15.1 Å². The Morgan fingerprint density at radius 2 is 2.10 bits per heavy atom. The number of halogens is 1. The molecule has 0 aromatic heterocycles. The number of nitrogens with one attached hydrogen (secondary N) is 1. The summed E-state index contributed by atoms with van der Waals surface area (Å²) in [6.07, 6.45) is -0.0907. The number of nitriles is 1. The minimum absolute atomic E-state index is 0.0000877. The van der Waals surface area contributed by atoms with Crippen LogP contribution in [0.2, 0.25) is 0 Å². The zero-order chi connectivity index (χ0) is 21.4. The molecule has 1 N–H and O–H groups in total. The second kappa shape index (κ2) is 8.05. The number of hydrogen-bond acceptors (Lipinski definition) is 4. The van der Waals surface area contributed by atoms with Crippen molar-refractivity contribution in [3.8, 4) is 6.07 Å². The number of carbonyl (C=O) groups excluding carboxylic acids is 3. The number of likely N-dealkylation sites (tertiary alicyclic amines) is 1. The zero-order valence-corrected chi connectivity index (χ0v) is 16.9. The van der Waals surface area contributed by atoms with Crippen molar-refractivity contribution >= 4 is 17.7 Å². The highest BCUT2D eigenvalue weighted by molar-refractivity contribution is 5.94. The van der Waals surface area contributed by atoms with E-state index in [1.807, 2.05) is 18.2 Å². The molecule has 1 aromatic carbocycles. The summed E-state index contributed by atoms with van der Waals surface area (Å²) in [6, 6.07) is 6.44. The van der Waals surface area contributed by atoms with Gasteiger partial charge in [-0.05, 0) is 29.5 Å². The molecule has 0 spiro atoms. The lowest BCUT2D eigenvalue weighted by Crippen LogP contribution is -2.46. The van der Waals surface area contributed by atoms with Gasteiger partial charge in [0.25, 0.3) is 0 Å². The summed E-state index contributed by atoms with van der Waals surface area (Å²) in [6.45, 7) is 3.04. The third-order valence-corrected chi connectivity index (χ3v) is 6.42. The summed E-state index contributed by atoms with van der Waals surface area (Å²) in [5.74, 6) is -1.48. The van der Waals surface area contributed by atoms with E-state index in [-0.39, 0.29) is 37.6 Å². The molecule has 0 radical (unpaired) electrons. The Bertz CT molecular complexity index is 927. The van der Waals surface area contributed by atoms with Crippen molar-refractivity contribution in [2.45, 2.75) is 64.0 Å². The SMILES string of the molecule is CCc1cccc2c1CN(C(=O)C[C@@H]1C[C@@H](C(=O)N3C[C@@H](F)C[C@H]3C#N)NC1=O)C2. The Hall–Kier alpha value is -2.95. The van der Waals surface area contributed by atoms with Gasteiger partial charge in [0.15, 0.2) is 0 Å². The summed E-state index contributed by atoms with van der Waals surface area (Å²) in [7, 11) is 0. The summed E-state index contributed by atoms with van der Waals surface area (Å²) in [4.78, 5) is 40.9. The van der Waals surface area contributed by atoms with E-state index in [9.17, 15) is 18.8 Å². The van der Waals surface area contributed by atoms with Gasteiger partial charge >= 0.3 is 0 Å². The fourth-order valence-electron chi connectivity index (χ4n) is 4.77. The van der Waals surface area contributed by atoms with Gasteiger partial charge in [-0.1, -0.05) is 25.1 Å². The maximum Gasteiger partial charge on any atom is 0.246 e. The zero-order valence-electron chi connectivity index (χ0n) is 16.9. The van der Waals surface area contributed by atoms with E-state index in [2.05, 4.69) is 18.3 Å². The third kappa shape index (κ3) is 3.64. The van der Waals surface area contributed by atoms with Crippen molar-refractivity contribution in [1.29, 1.82) is 5.26 Å². The lowest BCUT2D eigenvalue weighted by molar-refractivity contribution is -0.135. The third-order valence-electron chi connectivity index (χ3n) is 6.42. The average Bonchev–Trinajstić information content (AvgIpc) is 3.43. The predicted octanol–water partition coefficient (Wildman–Crippen LogP) is 1.45. The van der Waals surface area contributed by atoms with Crippen LogP contribution in [0.25, 0.3) is 0 Å². The van der Waals surface area contributed by atoms with Crippen LogP contribution in [0.15, 0.2) is 18.2 Å². The molecule has 0 unspecified atom stereocenters. The van der Waals surface area contributed by atoms with E-state index in [4.69, 9.17) is 5.26 Å². The van der Waals surface area contributed by atoms with E-state index in [1.54, 1.807) is 4.90 Å². The van der Waals surface area contributed by atoms with E-state index in [1.165, 1.54) is 16.0 Å². The fourth-order valence-corrected chi connectivity index (χ4v) is 4.77. The molecular weight excluding hydrogens is 387 g/mol. The monoisotopic (exact) mass is 412 g/mol. The van der Waals surface area contributed by atoms with Crippen molar-refractivity contribution in [3.63, 3.8) is 0 Å². The first-order chi connectivity index (χ1) is 14.4. The largest absolute Gasteiger partial charge is 0.344 e. The van der Waals surface area contributed by atoms with E-state index < -0.39 is 30.1 Å². The van der Waals surface area contributed by atoms with E-state index >= 15 is 0 Å². The van der Waals surface area contributed by atoms with Crippen molar-refractivity contribution < 1.29 is 18.8 Å². The number of rotatable bonds is 4. The van der Waals surface area contributed by atoms with Crippen LogP contribution in [0.5, 0.6) is 0 Å². The molecule has 4 atom stereocenters. The number of aryl methyl sites for hydroxylation is 1. The van der Waals surface area contributed by atoms with Crippen LogP contribution in [0, 0.1) is 17.2 Å². The van der Waals surface area contributed by atoms with Crippen molar-refractivity contribution in [2.24, 2.45) is 5.92 Å². The Balaban J connectivity index is 1.37. The summed E-state index contributed by atoms with van der Waals surface area (Å²) >= 11 is 0. The van der Waals surface area contributed by atoms with Crippen LogP contribution < -0.4 is 5.32 Å². The lowest BCUT2D eigenvalue weighted by Gasteiger charge is -2.22. The molecule has 4 rings (SSSR count). The number of nitrogens with zero attached hydrogens (tertiary/aromatic N) is 3. The normalized spacial score (nSPS) is 27.7. The number of benzene rings is 1.